The molecular weight excluding hydrogens is 390 g/mol. The molecule has 0 spiro atoms. The number of nitrogens with zero attached hydrogens (tertiary/aromatic N) is 3. The highest BCUT2D eigenvalue weighted by molar-refractivity contribution is 6.30. The third kappa shape index (κ3) is 6.15. The molecule has 7 nitrogen and oxygen atoms in total. The van der Waals surface area contributed by atoms with E-state index in [4.69, 9.17) is 21.1 Å². The molecule has 0 radical (unpaired) electrons. The molecule has 29 heavy (non-hydrogen) atoms. The average molecular weight is 418 g/mol. The van der Waals surface area contributed by atoms with Crippen molar-refractivity contribution in [2.45, 2.75) is 19.4 Å². The molecule has 1 aromatic heterocycles. The first kappa shape index (κ1) is 21.0. The third-order valence-corrected chi connectivity index (χ3v) is 4.85. The Bertz CT molecular complexity index is 803. The van der Waals surface area contributed by atoms with Crippen LogP contribution in [0.1, 0.15) is 13.3 Å². The van der Waals surface area contributed by atoms with Crippen LogP contribution >= 0.6 is 11.6 Å². The number of pyridine rings is 1. The number of nitrogens with one attached hydrogen (secondary N) is 2. The molecule has 1 aliphatic heterocycles. The van der Waals surface area contributed by atoms with E-state index in [9.17, 15) is 0 Å². The predicted octanol–water partition coefficient (Wildman–Crippen LogP) is 2.96. The van der Waals surface area contributed by atoms with Crippen LogP contribution in [0.2, 0.25) is 5.02 Å². The number of benzene rings is 1. The molecule has 1 aromatic carbocycles. The third-order valence-electron chi connectivity index (χ3n) is 4.62. The Morgan fingerprint density at radius 2 is 2.28 bits per heavy atom. The van der Waals surface area contributed by atoms with Crippen LogP contribution in [-0.2, 0) is 0 Å². The Labute approximate surface area is 177 Å². The molecule has 1 unspecified atom stereocenters. The number of aliphatic imine (C=N–C) groups is 1. The van der Waals surface area contributed by atoms with Crippen molar-refractivity contribution in [3.8, 4) is 11.5 Å². The number of rotatable bonds is 8. The van der Waals surface area contributed by atoms with E-state index in [0.29, 0.717) is 18.2 Å². The van der Waals surface area contributed by atoms with Gasteiger partial charge in [-0.2, -0.15) is 0 Å². The van der Waals surface area contributed by atoms with Crippen molar-refractivity contribution in [3.05, 3.63) is 47.7 Å². The molecule has 1 fully saturated rings. The van der Waals surface area contributed by atoms with Crippen LogP contribution in [0.15, 0.2) is 47.7 Å². The van der Waals surface area contributed by atoms with Gasteiger partial charge in [-0.05, 0) is 43.7 Å². The number of guanidine groups is 1. The molecule has 0 saturated carbocycles. The van der Waals surface area contributed by atoms with Gasteiger partial charge in [-0.1, -0.05) is 11.6 Å². The summed E-state index contributed by atoms with van der Waals surface area (Å²) in [5, 5.41) is 7.53. The molecule has 0 aliphatic carbocycles. The molecule has 2 N–H and O–H groups in total. The predicted molar refractivity (Wildman–Crippen MR) is 117 cm³/mol. The highest BCUT2D eigenvalue weighted by Crippen LogP contribution is 2.33. The molecule has 0 amide bonds. The Kier molecular flexibility index (Phi) is 7.81. The van der Waals surface area contributed by atoms with Gasteiger partial charge < -0.3 is 25.0 Å². The van der Waals surface area contributed by atoms with Crippen molar-refractivity contribution in [2.24, 2.45) is 4.99 Å². The summed E-state index contributed by atoms with van der Waals surface area (Å²) in [6.45, 7) is 5.70. The highest BCUT2D eigenvalue weighted by atomic mass is 35.5. The number of anilines is 1. The van der Waals surface area contributed by atoms with Crippen LogP contribution in [0.25, 0.3) is 0 Å². The molecule has 8 heteroatoms. The van der Waals surface area contributed by atoms with E-state index < -0.39 is 0 Å². The molecular formula is C21H28ClN5O2. The van der Waals surface area contributed by atoms with Gasteiger partial charge in [-0.3, -0.25) is 4.98 Å². The smallest absolute Gasteiger partial charge is 0.191 e. The van der Waals surface area contributed by atoms with E-state index in [2.05, 4.69) is 32.4 Å². The standard InChI is InChI=1S/C21H28ClN5O2/c1-3-24-21(25-10-12-29-18-5-4-9-23-14-18)26-17-8-11-27(15-17)19-13-16(22)6-7-20(19)28-2/h4-7,9,13-14,17H,3,8,10-12,15H2,1-2H3,(H2,24,25,26). The van der Waals surface area contributed by atoms with Crippen LogP contribution in [0.3, 0.4) is 0 Å². The average Bonchev–Trinajstić information content (AvgIpc) is 3.20. The second-order valence-corrected chi connectivity index (χ2v) is 7.13. The van der Waals surface area contributed by atoms with E-state index >= 15 is 0 Å². The number of hydrogen-bond donors (Lipinski definition) is 2. The number of halogens is 1. The molecule has 1 atom stereocenters. The lowest BCUT2D eigenvalue weighted by atomic mass is 10.2. The first-order valence-electron chi connectivity index (χ1n) is 9.85. The van der Waals surface area contributed by atoms with Crippen LogP contribution in [-0.4, -0.2) is 56.9 Å². The van der Waals surface area contributed by atoms with Crippen molar-refractivity contribution < 1.29 is 9.47 Å². The van der Waals surface area contributed by atoms with Crippen LogP contribution in [0, 0.1) is 0 Å². The van der Waals surface area contributed by atoms with Gasteiger partial charge in [-0.25, -0.2) is 4.99 Å². The molecule has 3 rings (SSSR count). The Balaban J connectivity index is 1.53. The minimum atomic E-state index is 0.288. The summed E-state index contributed by atoms with van der Waals surface area (Å²) in [6.07, 6.45) is 4.43. The summed E-state index contributed by atoms with van der Waals surface area (Å²) in [6, 6.07) is 9.74. The largest absolute Gasteiger partial charge is 0.495 e. The lowest BCUT2D eigenvalue weighted by Crippen LogP contribution is -2.44. The van der Waals surface area contributed by atoms with Crippen LogP contribution in [0.4, 0.5) is 5.69 Å². The molecule has 0 bridgehead atoms. The second-order valence-electron chi connectivity index (χ2n) is 6.69. The normalized spacial score (nSPS) is 16.6. The van der Waals surface area contributed by atoms with Gasteiger partial charge in [-0.15, -0.1) is 0 Å². The maximum Gasteiger partial charge on any atom is 0.191 e. The number of methoxy groups -OCH3 is 1. The van der Waals surface area contributed by atoms with E-state index in [1.807, 2.05) is 30.3 Å². The summed E-state index contributed by atoms with van der Waals surface area (Å²) in [7, 11) is 1.68. The Hall–Kier alpha value is -2.67. The van der Waals surface area contributed by atoms with E-state index in [-0.39, 0.29) is 6.04 Å². The lowest BCUT2D eigenvalue weighted by molar-refractivity contribution is 0.327. The first-order chi connectivity index (χ1) is 14.2. The SMILES string of the molecule is CCNC(=NCCOc1cccnc1)NC1CCN(c2cc(Cl)ccc2OC)C1. The summed E-state index contributed by atoms with van der Waals surface area (Å²) in [5.74, 6) is 2.39. The van der Waals surface area contributed by atoms with Crippen molar-refractivity contribution in [3.63, 3.8) is 0 Å². The topological polar surface area (TPSA) is 71.0 Å². The zero-order valence-corrected chi connectivity index (χ0v) is 17.7. The van der Waals surface area contributed by atoms with E-state index in [0.717, 1.165) is 49.2 Å². The number of aromatic nitrogens is 1. The molecule has 156 valence electrons. The maximum absolute atomic E-state index is 6.19. The summed E-state index contributed by atoms with van der Waals surface area (Å²) < 4.78 is 11.2. The van der Waals surface area contributed by atoms with Gasteiger partial charge in [0.05, 0.1) is 25.5 Å². The van der Waals surface area contributed by atoms with Gasteiger partial charge in [0, 0.05) is 36.9 Å². The summed E-state index contributed by atoms with van der Waals surface area (Å²) >= 11 is 6.19. The molecule has 2 aromatic rings. The summed E-state index contributed by atoms with van der Waals surface area (Å²) in [4.78, 5) is 11.0. The van der Waals surface area contributed by atoms with E-state index in [1.165, 1.54) is 0 Å². The zero-order chi connectivity index (χ0) is 20.5. The van der Waals surface area contributed by atoms with Gasteiger partial charge >= 0.3 is 0 Å². The molecule has 1 aliphatic rings. The van der Waals surface area contributed by atoms with Crippen LogP contribution in [0.5, 0.6) is 11.5 Å². The minimum absolute atomic E-state index is 0.288. The fourth-order valence-electron chi connectivity index (χ4n) is 3.27. The highest BCUT2D eigenvalue weighted by Gasteiger charge is 2.25. The van der Waals surface area contributed by atoms with Crippen LogP contribution < -0.4 is 25.0 Å². The van der Waals surface area contributed by atoms with E-state index in [1.54, 1.807) is 19.5 Å². The van der Waals surface area contributed by atoms with Crippen molar-refractivity contribution in [2.75, 3.05) is 44.8 Å². The van der Waals surface area contributed by atoms with Gasteiger partial charge in [0.15, 0.2) is 5.96 Å². The van der Waals surface area contributed by atoms with Gasteiger partial charge in [0.25, 0.3) is 0 Å². The molecule has 1 saturated heterocycles. The van der Waals surface area contributed by atoms with Gasteiger partial charge in [0.2, 0.25) is 0 Å². The minimum Gasteiger partial charge on any atom is -0.495 e. The summed E-state index contributed by atoms with van der Waals surface area (Å²) in [5.41, 5.74) is 1.02. The fraction of sp³-hybridized carbons (Fsp3) is 0.429. The van der Waals surface area contributed by atoms with Crippen molar-refractivity contribution in [1.82, 2.24) is 15.6 Å². The quantitative estimate of drug-likeness (QED) is 0.391. The Morgan fingerprint density at radius 3 is 3.03 bits per heavy atom. The number of hydrogen-bond acceptors (Lipinski definition) is 5. The monoisotopic (exact) mass is 417 g/mol. The van der Waals surface area contributed by atoms with Gasteiger partial charge in [0.1, 0.15) is 18.1 Å². The van der Waals surface area contributed by atoms with Crippen molar-refractivity contribution >= 4 is 23.2 Å². The second kappa shape index (κ2) is 10.8. The molecule has 2 heterocycles. The fourth-order valence-corrected chi connectivity index (χ4v) is 3.44. The zero-order valence-electron chi connectivity index (χ0n) is 16.9. The Morgan fingerprint density at radius 1 is 1.38 bits per heavy atom. The maximum atomic E-state index is 6.19. The first-order valence-corrected chi connectivity index (χ1v) is 10.2. The van der Waals surface area contributed by atoms with Crippen molar-refractivity contribution in [1.29, 1.82) is 0 Å². The lowest BCUT2D eigenvalue weighted by Gasteiger charge is -2.22. The number of ether oxygens (including phenoxy) is 2.